The number of rotatable bonds is 7. The van der Waals surface area contributed by atoms with Crippen molar-refractivity contribution >= 4 is 11.6 Å². The van der Waals surface area contributed by atoms with Crippen molar-refractivity contribution in [3.05, 3.63) is 28.8 Å². The Labute approximate surface area is 109 Å². The van der Waals surface area contributed by atoms with Crippen LogP contribution in [0.2, 0.25) is 5.02 Å². The molecule has 0 aliphatic carbocycles. The first-order valence-electron chi connectivity index (χ1n) is 5.42. The maximum absolute atomic E-state index is 11.8. The molecule has 0 saturated carbocycles. The molecule has 6 heteroatoms. The van der Waals surface area contributed by atoms with Crippen molar-refractivity contribution in [3.8, 4) is 5.75 Å². The summed E-state index contributed by atoms with van der Waals surface area (Å²) in [4.78, 5) is 0. The monoisotopic (exact) mass is 280 g/mol. The van der Waals surface area contributed by atoms with Crippen LogP contribution in [0.15, 0.2) is 18.2 Å². The van der Waals surface area contributed by atoms with Gasteiger partial charge in [-0.05, 0) is 17.7 Å². The van der Waals surface area contributed by atoms with Crippen molar-refractivity contribution in [3.63, 3.8) is 0 Å². The van der Waals surface area contributed by atoms with Gasteiger partial charge in [0.25, 0.3) is 6.43 Å². The van der Waals surface area contributed by atoms with Crippen molar-refractivity contribution in [1.29, 1.82) is 0 Å². The molecule has 0 radical (unpaired) electrons. The van der Waals surface area contributed by atoms with Gasteiger partial charge in [-0.3, -0.25) is 0 Å². The largest absolute Gasteiger partial charge is 0.495 e. The lowest BCUT2D eigenvalue weighted by Gasteiger charge is -2.12. The third-order valence-corrected chi connectivity index (χ3v) is 2.64. The molecule has 3 nitrogen and oxygen atoms in total. The second-order valence-electron chi connectivity index (χ2n) is 3.66. The van der Waals surface area contributed by atoms with E-state index in [0.717, 1.165) is 0 Å². The highest BCUT2D eigenvalue weighted by Crippen LogP contribution is 2.28. The first-order chi connectivity index (χ1) is 8.54. The highest BCUT2D eigenvalue weighted by atomic mass is 35.5. The fourth-order valence-corrected chi connectivity index (χ4v) is 1.69. The van der Waals surface area contributed by atoms with Crippen LogP contribution in [0.25, 0.3) is 0 Å². The van der Waals surface area contributed by atoms with E-state index >= 15 is 0 Å². The minimum absolute atomic E-state index is 0.0646. The Hall–Kier alpha value is -0.910. The molecule has 0 saturated heterocycles. The number of aliphatic hydroxyl groups excluding tert-OH is 1. The van der Waals surface area contributed by atoms with Crippen molar-refractivity contribution in [2.75, 3.05) is 20.3 Å². The van der Waals surface area contributed by atoms with Crippen LogP contribution in [0.3, 0.4) is 0 Å². The standard InChI is InChI=1S/C12H15ClF2O3/c1-17-11-3-2-8(6-9(11)13)10(16)4-5-18-7-12(14)15/h2-3,6,10,12,16H,4-5,7H2,1H3. The molecule has 0 aliphatic heterocycles. The average molecular weight is 281 g/mol. The van der Waals surface area contributed by atoms with Gasteiger partial charge in [0.2, 0.25) is 0 Å². The summed E-state index contributed by atoms with van der Waals surface area (Å²) < 4.78 is 33.3. The zero-order valence-corrected chi connectivity index (χ0v) is 10.7. The van der Waals surface area contributed by atoms with Gasteiger partial charge in [-0.25, -0.2) is 8.78 Å². The number of ether oxygens (including phenoxy) is 2. The van der Waals surface area contributed by atoms with Crippen LogP contribution in [0.4, 0.5) is 8.78 Å². The second kappa shape index (κ2) is 7.51. The van der Waals surface area contributed by atoms with E-state index in [1.54, 1.807) is 18.2 Å². The lowest BCUT2D eigenvalue weighted by molar-refractivity contribution is 0.00481. The Balaban J connectivity index is 2.46. The summed E-state index contributed by atoms with van der Waals surface area (Å²) in [6.07, 6.45) is -3.06. The van der Waals surface area contributed by atoms with Crippen LogP contribution in [-0.4, -0.2) is 31.9 Å². The van der Waals surface area contributed by atoms with Gasteiger partial charge in [-0.1, -0.05) is 17.7 Å². The minimum Gasteiger partial charge on any atom is -0.495 e. The molecule has 1 aromatic carbocycles. The lowest BCUT2D eigenvalue weighted by Crippen LogP contribution is -2.08. The van der Waals surface area contributed by atoms with Gasteiger partial charge in [-0.15, -0.1) is 0 Å². The van der Waals surface area contributed by atoms with E-state index < -0.39 is 19.1 Å². The van der Waals surface area contributed by atoms with Crippen LogP contribution in [-0.2, 0) is 4.74 Å². The predicted molar refractivity (Wildman–Crippen MR) is 64.4 cm³/mol. The van der Waals surface area contributed by atoms with E-state index in [9.17, 15) is 13.9 Å². The fourth-order valence-electron chi connectivity index (χ4n) is 1.42. The molecule has 0 spiro atoms. The summed E-state index contributed by atoms with van der Waals surface area (Å²) in [7, 11) is 1.50. The van der Waals surface area contributed by atoms with Crippen molar-refractivity contribution in [2.24, 2.45) is 0 Å². The molecule has 1 atom stereocenters. The van der Waals surface area contributed by atoms with Crippen LogP contribution in [0.5, 0.6) is 5.75 Å². The smallest absolute Gasteiger partial charge is 0.261 e. The van der Waals surface area contributed by atoms with Crippen molar-refractivity contribution in [2.45, 2.75) is 19.0 Å². The molecule has 18 heavy (non-hydrogen) atoms. The number of halogens is 3. The molecule has 0 aliphatic rings. The summed E-state index contributed by atoms with van der Waals surface area (Å²) in [5.41, 5.74) is 0.599. The maximum atomic E-state index is 11.8. The van der Waals surface area contributed by atoms with E-state index in [2.05, 4.69) is 0 Å². The quantitative estimate of drug-likeness (QED) is 0.780. The summed E-state index contributed by atoms with van der Waals surface area (Å²) in [5.74, 6) is 0.515. The van der Waals surface area contributed by atoms with Gasteiger partial charge in [0.1, 0.15) is 12.4 Å². The molecule has 0 heterocycles. The second-order valence-corrected chi connectivity index (χ2v) is 4.07. The fraction of sp³-hybridized carbons (Fsp3) is 0.500. The number of alkyl halides is 2. The molecule has 1 rings (SSSR count). The topological polar surface area (TPSA) is 38.7 Å². The first kappa shape index (κ1) is 15.1. The number of aliphatic hydroxyl groups is 1. The molecule has 0 bridgehead atoms. The number of methoxy groups -OCH3 is 1. The number of hydrogen-bond donors (Lipinski definition) is 1. The van der Waals surface area contributed by atoms with Gasteiger partial charge in [0.15, 0.2) is 0 Å². The normalized spacial score (nSPS) is 12.8. The maximum Gasteiger partial charge on any atom is 0.261 e. The van der Waals surface area contributed by atoms with Crippen molar-refractivity contribution in [1.82, 2.24) is 0 Å². The molecular weight excluding hydrogens is 266 g/mol. The molecule has 1 unspecified atom stereocenters. The average Bonchev–Trinajstić information content (AvgIpc) is 2.34. The molecule has 102 valence electrons. The molecule has 1 N–H and O–H groups in total. The van der Waals surface area contributed by atoms with Crippen LogP contribution >= 0.6 is 11.6 Å². The zero-order valence-electron chi connectivity index (χ0n) is 9.91. The molecule has 1 aromatic rings. The van der Waals surface area contributed by atoms with Crippen LogP contribution in [0, 0.1) is 0 Å². The Morgan fingerprint density at radius 2 is 2.11 bits per heavy atom. The van der Waals surface area contributed by atoms with E-state index in [-0.39, 0.29) is 13.0 Å². The Morgan fingerprint density at radius 1 is 1.39 bits per heavy atom. The number of benzene rings is 1. The van der Waals surface area contributed by atoms with Gasteiger partial charge >= 0.3 is 0 Å². The Bertz CT molecular complexity index is 374. The molecular formula is C12H15ClF2O3. The summed E-state index contributed by atoms with van der Waals surface area (Å²) >= 11 is 5.91. The third kappa shape index (κ3) is 4.76. The summed E-state index contributed by atoms with van der Waals surface area (Å²) in [6.45, 7) is -0.550. The highest BCUT2D eigenvalue weighted by molar-refractivity contribution is 6.32. The van der Waals surface area contributed by atoms with E-state index in [1.807, 2.05) is 0 Å². The lowest BCUT2D eigenvalue weighted by atomic mass is 10.1. The van der Waals surface area contributed by atoms with E-state index in [1.165, 1.54) is 7.11 Å². The summed E-state index contributed by atoms with van der Waals surface area (Å²) in [6, 6.07) is 4.89. The molecule has 0 aromatic heterocycles. The SMILES string of the molecule is COc1ccc(C(O)CCOCC(F)F)cc1Cl. The number of hydrogen-bond acceptors (Lipinski definition) is 3. The van der Waals surface area contributed by atoms with Crippen molar-refractivity contribution < 1.29 is 23.4 Å². The van der Waals surface area contributed by atoms with Gasteiger partial charge in [0.05, 0.1) is 18.2 Å². The summed E-state index contributed by atoms with van der Waals surface area (Å²) in [5, 5.41) is 10.2. The van der Waals surface area contributed by atoms with Gasteiger partial charge in [-0.2, -0.15) is 0 Å². The third-order valence-electron chi connectivity index (χ3n) is 2.34. The minimum atomic E-state index is -2.49. The van der Waals surface area contributed by atoms with E-state index in [4.69, 9.17) is 21.1 Å². The first-order valence-corrected chi connectivity index (χ1v) is 5.79. The van der Waals surface area contributed by atoms with Gasteiger partial charge < -0.3 is 14.6 Å². The van der Waals surface area contributed by atoms with Gasteiger partial charge in [0, 0.05) is 13.0 Å². The highest BCUT2D eigenvalue weighted by Gasteiger charge is 2.11. The van der Waals surface area contributed by atoms with Crippen LogP contribution < -0.4 is 4.74 Å². The predicted octanol–water partition coefficient (Wildman–Crippen LogP) is 3.05. The zero-order chi connectivity index (χ0) is 13.5. The molecule has 0 fully saturated rings. The van der Waals surface area contributed by atoms with Crippen LogP contribution in [0.1, 0.15) is 18.1 Å². The Kier molecular flexibility index (Phi) is 6.32. The Morgan fingerprint density at radius 3 is 2.67 bits per heavy atom. The molecule has 0 amide bonds. The van der Waals surface area contributed by atoms with E-state index in [0.29, 0.717) is 16.3 Å².